The predicted molar refractivity (Wildman–Crippen MR) is 116 cm³/mol. The number of aromatic nitrogens is 4. The maximum Gasteiger partial charge on any atom is 0.329 e. The number of fused-ring (bicyclic) bond motifs is 1. The van der Waals surface area contributed by atoms with Gasteiger partial charge in [-0.25, -0.2) is 4.79 Å². The molecule has 0 aliphatic rings. The number of anilines is 1. The summed E-state index contributed by atoms with van der Waals surface area (Å²) in [5, 5.41) is 10.8. The largest absolute Gasteiger partial charge is 0.387 e. The van der Waals surface area contributed by atoms with E-state index in [0.717, 1.165) is 11.1 Å². The number of nitrogens with one attached hydrogen (secondary N) is 1. The van der Waals surface area contributed by atoms with Crippen LogP contribution in [0.15, 0.2) is 70.3 Å². The first-order chi connectivity index (χ1) is 14.5. The topological polar surface area (TPSA) is 96.2 Å². The van der Waals surface area contributed by atoms with Gasteiger partial charge in [0, 0.05) is 20.6 Å². The highest BCUT2D eigenvalue weighted by Gasteiger charge is 2.22. The number of H-pyrrole nitrogens is 1. The third kappa shape index (κ3) is 3.65. The fraction of sp³-hybridized carbons (Fsp3) is 0.227. The molecule has 8 nitrogen and oxygen atoms in total. The zero-order valence-electron chi connectivity index (χ0n) is 16.8. The summed E-state index contributed by atoms with van der Waals surface area (Å²) in [7, 11) is 3.43. The van der Waals surface area contributed by atoms with Crippen molar-refractivity contribution in [2.24, 2.45) is 7.05 Å². The number of hydrogen-bond donors (Lipinski definition) is 2. The Morgan fingerprint density at radius 2 is 1.70 bits per heavy atom. The van der Waals surface area contributed by atoms with Gasteiger partial charge in [-0.15, -0.1) is 0 Å². The van der Waals surface area contributed by atoms with Crippen molar-refractivity contribution in [1.29, 1.82) is 0 Å². The van der Waals surface area contributed by atoms with E-state index in [0.29, 0.717) is 12.5 Å². The van der Waals surface area contributed by atoms with Crippen LogP contribution in [0.25, 0.3) is 11.2 Å². The Morgan fingerprint density at radius 1 is 1.07 bits per heavy atom. The number of benzene rings is 2. The van der Waals surface area contributed by atoms with Crippen LogP contribution in [-0.2, 0) is 20.1 Å². The van der Waals surface area contributed by atoms with Crippen LogP contribution in [0.2, 0.25) is 0 Å². The lowest BCUT2D eigenvalue weighted by Crippen LogP contribution is -2.29. The summed E-state index contributed by atoms with van der Waals surface area (Å²) in [5.74, 6) is 0.496. The van der Waals surface area contributed by atoms with E-state index >= 15 is 0 Å². The number of imidazole rings is 1. The molecule has 0 spiro atoms. The molecule has 0 unspecified atom stereocenters. The Bertz CT molecular complexity index is 1280. The Morgan fingerprint density at radius 3 is 2.37 bits per heavy atom. The molecular weight excluding hydrogens is 382 g/mol. The SMILES string of the molecule is CN(Cc1ccccc1)c1nc2c(c(=O)[nH]c(=O)n2C)n1C[C@@H](O)c1ccccc1. The fourth-order valence-electron chi connectivity index (χ4n) is 3.57. The molecule has 0 bridgehead atoms. The normalized spacial score (nSPS) is 12.2. The number of aliphatic hydroxyl groups excluding tert-OH is 1. The summed E-state index contributed by atoms with van der Waals surface area (Å²) in [6.45, 7) is 0.674. The average molecular weight is 405 g/mol. The van der Waals surface area contributed by atoms with E-state index in [1.165, 1.54) is 4.57 Å². The maximum atomic E-state index is 12.7. The summed E-state index contributed by atoms with van der Waals surface area (Å²) in [6.07, 6.45) is -0.843. The van der Waals surface area contributed by atoms with E-state index in [-0.39, 0.29) is 17.7 Å². The molecule has 1 atom stereocenters. The van der Waals surface area contributed by atoms with Crippen LogP contribution in [0.3, 0.4) is 0 Å². The number of nitrogens with zero attached hydrogens (tertiary/aromatic N) is 4. The van der Waals surface area contributed by atoms with Gasteiger partial charge in [0.1, 0.15) is 0 Å². The standard InChI is InChI=1S/C22H23N5O3/c1-25(13-15-9-5-3-6-10-15)21-23-19-18(20(29)24-22(30)26(19)2)27(21)14-17(28)16-11-7-4-8-12-16/h3-12,17,28H,13-14H2,1-2H3,(H,24,29,30)/t17-/m1/s1. The van der Waals surface area contributed by atoms with Gasteiger partial charge < -0.3 is 14.6 Å². The van der Waals surface area contributed by atoms with E-state index in [9.17, 15) is 14.7 Å². The Hall–Kier alpha value is -3.65. The van der Waals surface area contributed by atoms with E-state index < -0.39 is 17.4 Å². The van der Waals surface area contributed by atoms with Crippen molar-refractivity contribution in [3.63, 3.8) is 0 Å². The van der Waals surface area contributed by atoms with Gasteiger partial charge in [-0.3, -0.25) is 14.3 Å². The van der Waals surface area contributed by atoms with Crippen molar-refractivity contribution in [3.8, 4) is 0 Å². The van der Waals surface area contributed by atoms with Crippen molar-refractivity contribution < 1.29 is 5.11 Å². The number of aryl methyl sites for hydroxylation is 1. The molecular formula is C22H23N5O3. The lowest BCUT2D eigenvalue weighted by Gasteiger charge is -2.21. The number of aliphatic hydroxyl groups is 1. The van der Waals surface area contributed by atoms with E-state index in [2.05, 4.69) is 9.97 Å². The van der Waals surface area contributed by atoms with Crippen LogP contribution >= 0.6 is 0 Å². The molecule has 0 saturated carbocycles. The van der Waals surface area contributed by atoms with Crippen molar-refractivity contribution in [1.82, 2.24) is 19.1 Å². The fourth-order valence-corrected chi connectivity index (χ4v) is 3.57. The summed E-state index contributed by atoms with van der Waals surface area (Å²) in [5.41, 5.74) is 1.28. The molecule has 0 fully saturated rings. The molecule has 2 aromatic carbocycles. The highest BCUT2D eigenvalue weighted by Crippen LogP contribution is 2.24. The zero-order valence-corrected chi connectivity index (χ0v) is 16.8. The van der Waals surface area contributed by atoms with Crippen LogP contribution < -0.4 is 16.1 Å². The molecule has 8 heteroatoms. The quantitative estimate of drug-likeness (QED) is 0.510. The average Bonchev–Trinajstić information content (AvgIpc) is 3.13. The van der Waals surface area contributed by atoms with E-state index in [4.69, 9.17) is 0 Å². The first-order valence-electron chi connectivity index (χ1n) is 9.63. The van der Waals surface area contributed by atoms with Gasteiger partial charge in [-0.05, 0) is 11.1 Å². The van der Waals surface area contributed by atoms with Crippen molar-refractivity contribution >= 4 is 17.1 Å². The van der Waals surface area contributed by atoms with Gasteiger partial charge in [0.2, 0.25) is 5.95 Å². The van der Waals surface area contributed by atoms with Crippen molar-refractivity contribution in [3.05, 3.63) is 92.6 Å². The molecule has 0 saturated heterocycles. The number of hydrogen-bond acceptors (Lipinski definition) is 5. The number of rotatable bonds is 6. The molecule has 0 aliphatic heterocycles. The number of aromatic amines is 1. The second-order valence-electron chi connectivity index (χ2n) is 7.28. The van der Waals surface area contributed by atoms with Gasteiger partial charge in [-0.2, -0.15) is 4.98 Å². The van der Waals surface area contributed by atoms with Gasteiger partial charge in [0.05, 0.1) is 12.6 Å². The third-order valence-corrected chi connectivity index (χ3v) is 5.13. The molecule has 4 aromatic rings. The smallest absolute Gasteiger partial charge is 0.329 e. The van der Waals surface area contributed by atoms with Crippen molar-refractivity contribution in [2.75, 3.05) is 11.9 Å². The van der Waals surface area contributed by atoms with Crippen LogP contribution in [0.1, 0.15) is 17.2 Å². The molecule has 154 valence electrons. The summed E-state index contributed by atoms with van der Waals surface area (Å²) in [4.78, 5) is 33.6. The summed E-state index contributed by atoms with van der Waals surface area (Å²) in [6, 6.07) is 19.1. The second-order valence-corrected chi connectivity index (χ2v) is 7.28. The molecule has 2 N–H and O–H groups in total. The third-order valence-electron chi connectivity index (χ3n) is 5.13. The summed E-state index contributed by atoms with van der Waals surface area (Å²) >= 11 is 0. The van der Waals surface area contributed by atoms with Gasteiger partial charge in [0.15, 0.2) is 11.2 Å². The van der Waals surface area contributed by atoms with Crippen LogP contribution in [-0.4, -0.2) is 31.3 Å². The molecule has 2 heterocycles. The Labute approximate surface area is 172 Å². The molecule has 30 heavy (non-hydrogen) atoms. The zero-order chi connectivity index (χ0) is 21.3. The van der Waals surface area contributed by atoms with Crippen molar-refractivity contribution in [2.45, 2.75) is 19.2 Å². The lowest BCUT2D eigenvalue weighted by molar-refractivity contribution is 0.158. The minimum absolute atomic E-state index is 0.121. The highest BCUT2D eigenvalue weighted by atomic mass is 16.3. The van der Waals surface area contributed by atoms with Gasteiger partial charge in [0.25, 0.3) is 5.56 Å². The first kappa shape index (κ1) is 19.7. The first-order valence-corrected chi connectivity index (χ1v) is 9.63. The predicted octanol–water partition coefficient (Wildman–Crippen LogP) is 1.79. The Kier molecular flexibility index (Phi) is 5.24. The minimum Gasteiger partial charge on any atom is -0.387 e. The molecule has 2 aromatic heterocycles. The van der Waals surface area contributed by atoms with Gasteiger partial charge in [-0.1, -0.05) is 60.7 Å². The minimum atomic E-state index is -0.843. The van der Waals surface area contributed by atoms with E-state index in [1.807, 2.05) is 72.6 Å². The molecule has 0 radical (unpaired) electrons. The lowest BCUT2D eigenvalue weighted by atomic mass is 10.1. The monoisotopic (exact) mass is 405 g/mol. The molecule has 0 amide bonds. The molecule has 4 rings (SSSR count). The van der Waals surface area contributed by atoms with E-state index in [1.54, 1.807) is 11.6 Å². The summed E-state index contributed by atoms with van der Waals surface area (Å²) < 4.78 is 2.98. The second kappa shape index (κ2) is 8.00. The maximum absolute atomic E-state index is 12.7. The highest BCUT2D eigenvalue weighted by molar-refractivity contribution is 5.74. The Balaban J connectivity index is 1.83. The van der Waals surface area contributed by atoms with Crippen LogP contribution in [0, 0.1) is 0 Å². The van der Waals surface area contributed by atoms with Crippen LogP contribution in [0.5, 0.6) is 0 Å². The van der Waals surface area contributed by atoms with Gasteiger partial charge >= 0.3 is 5.69 Å². The van der Waals surface area contributed by atoms with Crippen LogP contribution in [0.4, 0.5) is 5.95 Å². The molecule has 0 aliphatic carbocycles.